The molecule has 1 heterocycles. The van der Waals surface area contributed by atoms with Gasteiger partial charge in [0, 0.05) is 13.1 Å². The van der Waals surface area contributed by atoms with Gasteiger partial charge >= 0.3 is 6.09 Å². The van der Waals surface area contributed by atoms with Crippen LogP contribution in [-0.2, 0) is 16.7 Å². The number of carbonyl (C=O) groups excluding carboxylic acids is 1. The Morgan fingerprint density at radius 3 is 2.13 bits per heavy atom. The van der Waals surface area contributed by atoms with Gasteiger partial charge in [-0.1, -0.05) is 0 Å². The van der Waals surface area contributed by atoms with Crippen molar-refractivity contribution in [3.8, 4) is 0 Å². The number of hydrogen-bond donors (Lipinski definition) is 0. The van der Waals surface area contributed by atoms with Gasteiger partial charge in [-0.05, 0) is 20.8 Å². The molecule has 0 atom stereocenters. The van der Waals surface area contributed by atoms with Gasteiger partial charge in [0.2, 0.25) is 0 Å². The van der Waals surface area contributed by atoms with Crippen LogP contribution in [0.15, 0.2) is 0 Å². The molecule has 1 amide bonds. The number of nitrogens with zero attached hydrogens (tertiary/aromatic N) is 2. The molecule has 0 radical (unpaired) electrons. The summed E-state index contributed by atoms with van der Waals surface area (Å²) in [6.45, 7) is 9.11. The molecule has 1 fully saturated rings. The first kappa shape index (κ1) is 12.6. The number of ether oxygens (including phenoxy) is 1. The van der Waals surface area contributed by atoms with Gasteiger partial charge in [0.15, 0.2) is 0 Å². The van der Waals surface area contributed by atoms with Gasteiger partial charge in [0.1, 0.15) is 11.9 Å². The van der Waals surface area contributed by atoms with E-state index in [2.05, 4.69) is 10.6 Å². The molecular weight excluding hydrogens is 212 g/mol. The lowest BCUT2D eigenvalue weighted by molar-refractivity contribution is 0.0197. The fourth-order valence-corrected chi connectivity index (χ4v) is 1.98. The van der Waals surface area contributed by atoms with E-state index in [-0.39, 0.29) is 6.09 Å². The van der Waals surface area contributed by atoms with Crippen LogP contribution < -0.4 is 0 Å². The quantitative estimate of drug-likeness (QED) is 0.498. The maximum atomic E-state index is 11.7. The Kier molecular flexibility index (Phi) is 4.28. The molecule has 1 aliphatic heterocycles. The zero-order valence-electron chi connectivity index (χ0n) is 9.99. The number of piperazine rings is 1. The number of carbonyl (C=O) groups is 1. The smallest absolute Gasteiger partial charge is 0.410 e. The summed E-state index contributed by atoms with van der Waals surface area (Å²) in [5.41, 5.74) is -0.392. The molecule has 0 bridgehead atoms. The van der Waals surface area contributed by atoms with Crippen molar-refractivity contribution >= 4 is 18.0 Å². The van der Waals surface area contributed by atoms with Crippen LogP contribution in [0.2, 0.25) is 0 Å². The Balaban J connectivity index is 2.37. The van der Waals surface area contributed by atoms with Crippen molar-refractivity contribution in [3.05, 3.63) is 0 Å². The van der Waals surface area contributed by atoms with Gasteiger partial charge in [-0.3, -0.25) is 0 Å². The number of hydrogen-bond acceptors (Lipinski definition) is 3. The molecule has 0 aromatic heterocycles. The number of rotatable bonds is 1. The van der Waals surface area contributed by atoms with Gasteiger partial charge in [-0.25, -0.2) is 4.79 Å². The average molecular weight is 233 g/mol. The molecule has 0 saturated carbocycles. The normalized spacial score (nSPS) is 19.1. The lowest BCUT2D eigenvalue weighted by Gasteiger charge is -2.31. The molecule has 0 unspecified atom stereocenters. The minimum Gasteiger partial charge on any atom is -0.444 e. The molecule has 0 spiro atoms. The second-order valence-electron chi connectivity index (χ2n) is 4.62. The second-order valence-corrected chi connectivity index (χ2v) is 5.59. The van der Waals surface area contributed by atoms with E-state index in [1.165, 1.54) is 11.9 Å². The molecule has 1 aliphatic rings. The molecule has 4 nitrogen and oxygen atoms in total. The minimum absolute atomic E-state index is 0.185. The summed E-state index contributed by atoms with van der Waals surface area (Å²) in [6.07, 6.45) is 1.93. The van der Waals surface area contributed by atoms with Gasteiger partial charge in [0.05, 0.1) is 25.0 Å². The number of thiol groups is 1. The van der Waals surface area contributed by atoms with Crippen molar-refractivity contribution in [1.82, 2.24) is 9.21 Å². The van der Waals surface area contributed by atoms with E-state index in [0.717, 1.165) is 26.2 Å². The summed E-state index contributed by atoms with van der Waals surface area (Å²) in [7, 11) is 0. The van der Waals surface area contributed by atoms with Gasteiger partial charge in [-0.15, -0.1) is 4.31 Å². The van der Waals surface area contributed by atoms with Gasteiger partial charge in [0.25, 0.3) is 0 Å². The van der Waals surface area contributed by atoms with E-state index in [1.807, 2.05) is 20.8 Å². The van der Waals surface area contributed by atoms with Crippen LogP contribution in [0.4, 0.5) is 4.79 Å². The highest BCUT2D eigenvalue weighted by Gasteiger charge is 2.27. The predicted octanol–water partition coefficient (Wildman–Crippen LogP) is 0.899. The van der Waals surface area contributed by atoms with Crippen LogP contribution in [0.5, 0.6) is 0 Å². The van der Waals surface area contributed by atoms with E-state index in [0.29, 0.717) is 0 Å². The minimum atomic E-state index is -0.392. The number of amides is 1. The van der Waals surface area contributed by atoms with E-state index in [1.54, 1.807) is 4.90 Å². The fraction of sp³-hybridized carbons (Fsp3) is 0.900. The van der Waals surface area contributed by atoms with Crippen molar-refractivity contribution in [2.24, 2.45) is 0 Å². The predicted molar refractivity (Wildman–Crippen MR) is 64.1 cm³/mol. The SMILES string of the molecule is C[SH+]N1CCN(C(=O)OC(C)(C)C)CC1. The third-order valence-electron chi connectivity index (χ3n) is 2.19. The van der Waals surface area contributed by atoms with Crippen LogP contribution in [-0.4, -0.2) is 53.3 Å². The van der Waals surface area contributed by atoms with Crippen molar-refractivity contribution < 1.29 is 9.53 Å². The molecular formula is C10H21N2O2S+. The van der Waals surface area contributed by atoms with E-state index >= 15 is 0 Å². The molecule has 5 heteroatoms. The largest absolute Gasteiger partial charge is 0.444 e. The first-order chi connectivity index (χ1) is 6.92. The molecule has 15 heavy (non-hydrogen) atoms. The highest BCUT2D eigenvalue weighted by Crippen LogP contribution is 2.11. The van der Waals surface area contributed by atoms with Crippen molar-refractivity contribution in [2.45, 2.75) is 26.4 Å². The van der Waals surface area contributed by atoms with Crippen LogP contribution in [0.3, 0.4) is 0 Å². The fourth-order valence-electron chi connectivity index (χ4n) is 1.40. The van der Waals surface area contributed by atoms with Crippen molar-refractivity contribution in [3.63, 3.8) is 0 Å². The van der Waals surface area contributed by atoms with E-state index in [4.69, 9.17) is 4.74 Å². The highest BCUT2D eigenvalue weighted by atomic mass is 32.2. The van der Waals surface area contributed by atoms with Crippen LogP contribution in [0.25, 0.3) is 0 Å². The highest BCUT2D eigenvalue weighted by molar-refractivity contribution is 7.75. The van der Waals surface area contributed by atoms with Crippen molar-refractivity contribution in [2.75, 3.05) is 32.4 Å². The summed E-state index contributed by atoms with van der Waals surface area (Å²) >= 11 is 1.28. The Morgan fingerprint density at radius 1 is 1.20 bits per heavy atom. The maximum absolute atomic E-state index is 11.7. The third-order valence-corrected chi connectivity index (χ3v) is 3.16. The Hall–Kier alpha value is -0.420. The van der Waals surface area contributed by atoms with E-state index < -0.39 is 5.60 Å². The van der Waals surface area contributed by atoms with Gasteiger partial charge < -0.3 is 9.64 Å². The average Bonchev–Trinajstić information content (AvgIpc) is 2.15. The summed E-state index contributed by atoms with van der Waals surface area (Å²) < 4.78 is 7.62. The summed E-state index contributed by atoms with van der Waals surface area (Å²) in [5, 5.41) is 0. The summed E-state index contributed by atoms with van der Waals surface area (Å²) in [4.78, 5) is 13.5. The molecule has 88 valence electrons. The lowest BCUT2D eigenvalue weighted by Crippen LogP contribution is -2.49. The lowest BCUT2D eigenvalue weighted by atomic mass is 10.2. The second kappa shape index (κ2) is 5.07. The monoisotopic (exact) mass is 233 g/mol. The Labute approximate surface area is 96.1 Å². The maximum Gasteiger partial charge on any atom is 0.410 e. The van der Waals surface area contributed by atoms with Gasteiger partial charge in [-0.2, -0.15) is 0 Å². The zero-order valence-corrected chi connectivity index (χ0v) is 10.9. The standard InChI is InChI=1S/C10H20N2O2S/c1-10(2,3)14-9(13)11-5-7-12(15-4)8-6-11/h5-8H2,1-4H3/p+1. The Morgan fingerprint density at radius 2 is 1.73 bits per heavy atom. The Bertz CT molecular complexity index is 220. The van der Waals surface area contributed by atoms with Crippen LogP contribution in [0.1, 0.15) is 20.8 Å². The molecule has 1 rings (SSSR count). The summed E-state index contributed by atoms with van der Waals surface area (Å²) in [6, 6.07) is 0. The van der Waals surface area contributed by atoms with E-state index in [9.17, 15) is 4.79 Å². The molecule has 0 N–H and O–H groups in total. The first-order valence-corrected chi connectivity index (χ1v) is 6.54. The van der Waals surface area contributed by atoms with Crippen molar-refractivity contribution in [1.29, 1.82) is 0 Å². The molecule has 0 aromatic rings. The molecule has 1 saturated heterocycles. The molecule has 0 aromatic carbocycles. The molecule has 0 aliphatic carbocycles. The first-order valence-electron chi connectivity index (χ1n) is 5.25. The topological polar surface area (TPSA) is 32.8 Å². The summed E-state index contributed by atoms with van der Waals surface area (Å²) in [5.74, 6) is 0. The third kappa shape index (κ3) is 4.30. The zero-order chi connectivity index (χ0) is 11.5. The van der Waals surface area contributed by atoms with Crippen LogP contribution >= 0.6 is 0 Å². The van der Waals surface area contributed by atoms with Crippen LogP contribution in [0, 0.1) is 0 Å².